The molecule has 1 unspecified atom stereocenters. The van der Waals surface area contributed by atoms with Crippen LogP contribution in [0.4, 0.5) is 18.9 Å². The van der Waals surface area contributed by atoms with Crippen LogP contribution < -0.4 is 14.7 Å². The van der Waals surface area contributed by atoms with E-state index in [1.807, 2.05) is 6.92 Å². The Kier molecular flexibility index (Phi) is 6.87. The topological polar surface area (TPSA) is 86.2 Å². The number of benzene rings is 2. The van der Waals surface area contributed by atoms with Crippen molar-refractivity contribution < 1.29 is 32.2 Å². The van der Waals surface area contributed by atoms with Crippen molar-refractivity contribution >= 4 is 23.4 Å². The summed E-state index contributed by atoms with van der Waals surface area (Å²) in [5.74, 6) is 0.381. The summed E-state index contributed by atoms with van der Waals surface area (Å²) in [5.41, 5.74) is 0.627. The molecule has 3 heterocycles. The first-order chi connectivity index (χ1) is 18.2. The number of para-hydroxylation sites is 1. The van der Waals surface area contributed by atoms with Crippen LogP contribution in [0.1, 0.15) is 44.2 Å². The summed E-state index contributed by atoms with van der Waals surface area (Å²) in [4.78, 5) is 19.0. The van der Waals surface area contributed by atoms with Crippen LogP contribution in [0, 0.1) is 0 Å². The molecule has 1 amide bonds. The van der Waals surface area contributed by atoms with Crippen LogP contribution in [0.3, 0.4) is 0 Å². The Bertz CT molecular complexity index is 1510. The second kappa shape index (κ2) is 10.1. The molecule has 4 aromatic rings. The largest absolute Gasteiger partial charge is 0.854 e. The molecule has 7 nitrogen and oxygen atoms in total. The fourth-order valence-corrected chi connectivity index (χ4v) is 5.06. The molecule has 2 aromatic heterocycles. The van der Waals surface area contributed by atoms with Crippen LogP contribution in [-0.4, -0.2) is 21.7 Å². The van der Waals surface area contributed by atoms with Gasteiger partial charge >= 0.3 is 12.3 Å². The molecule has 1 aliphatic heterocycles. The molecular formula is C27H23F3N4O3S. The van der Waals surface area contributed by atoms with Crippen molar-refractivity contribution in [2.45, 2.75) is 44.2 Å². The maximum atomic E-state index is 13.3. The third kappa shape index (κ3) is 4.62. The van der Waals surface area contributed by atoms with E-state index < -0.39 is 23.8 Å². The van der Waals surface area contributed by atoms with E-state index in [-0.39, 0.29) is 40.3 Å². The van der Waals surface area contributed by atoms with Crippen molar-refractivity contribution in [2.75, 3.05) is 10.7 Å². The number of nitrogens with zero attached hydrogens (tertiary/aromatic N) is 4. The van der Waals surface area contributed by atoms with Gasteiger partial charge in [0.1, 0.15) is 5.76 Å². The van der Waals surface area contributed by atoms with Gasteiger partial charge in [0, 0.05) is 22.8 Å². The molecule has 0 spiro atoms. The lowest BCUT2D eigenvalue weighted by molar-refractivity contribution is -0.765. The quantitative estimate of drug-likeness (QED) is 0.234. The molecule has 2 aromatic carbocycles. The van der Waals surface area contributed by atoms with Crippen molar-refractivity contribution in [2.24, 2.45) is 0 Å². The van der Waals surface area contributed by atoms with Gasteiger partial charge in [0.15, 0.2) is 5.76 Å². The number of alkyl halides is 3. The van der Waals surface area contributed by atoms with Gasteiger partial charge in [-0.25, -0.2) is 9.88 Å². The lowest BCUT2D eigenvalue weighted by Crippen LogP contribution is -2.59. The average molecular weight is 541 g/mol. The van der Waals surface area contributed by atoms with E-state index in [4.69, 9.17) is 4.42 Å². The summed E-state index contributed by atoms with van der Waals surface area (Å²) in [6, 6.07) is 14.9. The normalized spacial score (nSPS) is 14.8. The van der Waals surface area contributed by atoms with E-state index >= 15 is 0 Å². The van der Waals surface area contributed by atoms with Crippen LogP contribution in [0.15, 0.2) is 70.2 Å². The maximum Gasteiger partial charge on any atom is 0.416 e. The van der Waals surface area contributed by atoms with E-state index in [0.717, 1.165) is 18.6 Å². The zero-order valence-corrected chi connectivity index (χ0v) is 21.3. The molecule has 5 rings (SSSR count). The molecular weight excluding hydrogens is 517 g/mol. The number of halogens is 3. The van der Waals surface area contributed by atoms with E-state index in [1.54, 1.807) is 43.3 Å². The van der Waals surface area contributed by atoms with Gasteiger partial charge in [0.05, 0.1) is 22.7 Å². The number of rotatable bonds is 6. The van der Waals surface area contributed by atoms with Crippen LogP contribution in [-0.2, 0) is 11.0 Å². The highest BCUT2D eigenvalue weighted by molar-refractivity contribution is 7.99. The standard InChI is InChI=1S/C27H23F3N4O3S/c1-3-14-38-26-31-24(36)23-18-10-5-6-11-19(18)33(22(35)4-2)25(34(23)32-26)21-13-12-20(37-21)16-8-7-9-17(15-16)27(28,29)30/h5-13,15,25H,3-4,14H2,1-2H3. The van der Waals surface area contributed by atoms with Gasteiger partial charge in [-0.1, -0.05) is 49.9 Å². The summed E-state index contributed by atoms with van der Waals surface area (Å²) in [6.45, 7) is 3.72. The minimum absolute atomic E-state index is 0.161. The first-order valence-corrected chi connectivity index (χ1v) is 13.0. The van der Waals surface area contributed by atoms with Gasteiger partial charge in [-0.05, 0) is 47.5 Å². The van der Waals surface area contributed by atoms with Gasteiger partial charge in [-0.15, -0.1) is 0 Å². The Hall–Kier alpha value is -3.86. The Balaban J connectivity index is 1.69. The minimum atomic E-state index is -4.51. The number of amides is 1. The van der Waals surface area contributed by atoms with Crippen LogP contribution in [0.5, 0.6) is 5.88 Å². The molecule has 0 aliphatic carbocycles. The first kappa shape index (κ1) is 25.8. The number of hydrogen-bond acceptors (Lipinski definition) is 6. The predicted octanol–water partition coefficient (Wildman–Crippen LogP) is 5.59. The van der Waals surface area contributed by atoms with Crippen molar-refractivity contribution in [1.29, 1.82) is 0 Å². The summed E-state index contributed by atoms with van der Waals surface area (Å²) >= 11 is 1.32. The number of carbonyl (C=O) groups is 1. The summed E-state index contributed by atoms with van der Waals surface area (Å²) < 4.78 is 47.4. The molecule has 0 saturated carbocycles. The van der Waals surface area contributed by atoms with Gasteiger partial charge in [-0.3, -0.25) is 4.79 Å². The molecule has 0 N–H and O–H groups in total. The van der Waals surface area contributed by atoms with E-state index in [0.29, 0.717) is 17.0 Å². The third-order valence-corrected chi connectivity index (χ3v) is 7.12. The number of thioether (sulfide) groups is 1. The number of fused-ring (bicyclic) bond motifs is 3. The highest BCUT2D eigenvalue weighted by atomic mass is 32.2. The number of aromatic nitrogens is 3. The number of carbonyl (C=O) groups excluding carboxylic acids is 1. The molecule has 196 valence electrons. The van der Waals surface area contributed by atoms with E-state index in [2.05, 4.69) is 10.1 Å². The molecule has 0 radical (unpaired) electrons. The molecule has 0 fully saturated rings. The zero-order valence-electron chi connectivity index (χ0n) is 20.5. The van der Waals surface area contributed by atoms with E-state index in [9.17, 15) is 23.1 Å². The average Bonchev–Trinajstić information content (AvgIpc) is 3.40. The van der Waals surface area contributed by atoms with Gasteiger partial charge in [0.25, 0.3) is 10.9 Å². The fraction of sp³-hybridized carbons (Fsp3) is 0.259. The highest BCUT2D eigenvalue weighted by Gasteiger charge is 2.46. The molecule has 0 bridgehead atoms. The van der Waals surface area contributed by atoms with Gasteiger partial charge in [0.2, 0.25) is 5.91 Å². The third-order valence-electron chi connectivity index (χ3n) is 6.08. The second-order valence-electron chi connectivity index (χ2n) is 8.63. The molecule has 0 saturated heterocycles. The Morgan fingerprint density at radius 3 is 2.66 bits per heavy atom. The van der Waals surface area contributed by atoms with Gasteiger partial charge in [-0.2, -0.15) is 13.2 Å². The zero-order chi connectivity index (χ0) is 27.0. The Morgan fingerprint density at radius 2 is 1.92 bits per heavy atom. The SMILES string of the molecule is CCCSc1nc([O-])c2[n+](n1)C(c1ccc(-c3cccc(C(F)(F)F)c3)o1)N(C(=O)CC)c1ccccc1-2. The minimum Gasteiger partial charge on any atom is -0.854 e. The summed E-state index contributed by atoms with van der Waals surface area (Å²) in [7, 11) is 0. The monoisotopic (exact) mass is 540 g/mol. The number of anilines is 1. The van der Waals surface area contributed by atoms with Gasteiger partial charge < -0.3 is 9.52 Å². The molecule has 1 atom stereocenters. The Morgan fingerprint density at radius 1 is 1.13 bits per heavy atom. The lowest BCUT2D eigenvalue weighted by Gasteiger charge is -2.32. The summed E-state index contributed by atoms with van der Waals surface area (Å²) in [5, 5.41) is 18.2. The lowest BCUT2D eigenvalue weighted by atomic mass is 10.0. The number of hydrogen-bond donors (Lipinski definition) is 0. The smallest absolute Gasteiger partial charge is 0.416 e. The van der Waals surface area contributed by atoms with Crippen LogP contribution >= 0.6 is 11.8 Å². The van der Waals surface area contributed by atoms with Crippen molar-refractivity contribution in [3.05, 3.63) is 72.0 Å². The molecule has 1 aliphatic rings. The Labute approximate surface area is 220 Å². The van der Waals surface area contributed by atoms with Crippen molar-refractivity contribution in [1.82, 2.24) is 10.1 Å². The van der Waals surface area contributed by atoms with E-state index in [1.165, 1.54) is 33.5 Å². The van der Waals surface area contributed by atoms with Crippen molar-refractivity contribution in [3.63, 3.8) is 0 Å². The molecule has 38 heavy (non-hydrogen) atoms. The second-order valence-corrected chi connectivity index (χ2v) is 9.69. The summed E-state index contributed by atoms with van der Waals surface area (Å²) in [6.07, 6.45) is -4.49. The number of furan rings is 1. The maximum absolute atomic E-state index is 13.3. The van der Waals surface area contributed by atoms with Crippen LogP contribution in [0.2, 0.25) is 0 Å². The predicted molar refractivity (Wildman–Crippen MR) is 133 cm³/mol. The highest BCUT2D eigenvalue weighted by Crippen LogP contribution is 2.42. The van der Waals surface area contributed by atoms with Crippen LogP contribution in [0.25, 0.3) is 22.6 Å². The fourth-order valence-electron chi connectivity index (χ4n) is 4.38. The first-order valence-electron chi connectivity index (χ1n) is 12.1. The van der Waals surface area contributed by atoms with Crippen molar-refractivity contribution in [3.8, 4) is 28.5 Å². The molecule has 11 heteroatoms.